The number of benzene rings is 2. The number of anilines is 1. The zero-order valence-corrected chi connectivity index (χ0v) is 16.9. The van der Waals surface area contributed by atoms with Crippen molar-refractivity contribution in [2.24, 2.45) is 0 Å². The monoisotopic (exact) mass is 417 g/mol. The highest BCUT2D eigenvalue weighted by Gasteiger charge is 2.15. The van der Waals surface area contributed by atoms with Gasteiger partial charge in [0.25, 0.3) is 0 Å². The molecule has 7 nitrogen and oxygen atoms in total. The molecule has 0 saturated heterocycles. The number of carbonyl (C=O) groups is 1. The third-order valence-corrected chi connectivity index (χ3v) is 4.88. The number of amides is 1. The summed E-state index contributed by atoms with van der Waals surface area (Å²) in [6.45, 7) is 0. The Morgan fingerprint density at radius 1 is 1.10 bits per heavy atom. The molecule has 0 aliphatic rings. The van der Waals surface area contributed by atoms with Gasteiger partial charge in [-0.25, -0.2) is 9.37 Å². The van der Waals surface area contributed by atoms with Crippen LogP contribution in [0.2, 0.25) is 0 Å². The number of methoxy groups -OCH3 is 3. The van der Waals surface area contributed by atoms with Crippen LogP contribution in [-0.2, 0) is 4.79 Å². The van der Waals surface area contributed by atoms with Crippen molar-refractivity contribution in [2.75, 3.05) is 32.4 Å². The second-order valence-corrected chi connectivity index (χ2v) is 6.82. The zero-order valence-electron chi connectivity index (χ0n) is 16.1. The predicted molar refractivity (Wildman–Crippen MR) is 109 cm³/mol. The van der Waals surface area contributed by atoms with Crippen LogP contribution < -0.4 is 19.5 Å². The average Bonchev–Trinajstić information content (AvgIpc) is 3.21. The average molecular weight is 417 g/mol. The number of aromatic nitrogens is 2. The van der Waals surface area contributed by atoms with E-state index in [9.17, 15) is 9.18 Å². The highest BCUT2D eigenvalue weighted by molar-refractivity contribution is 7.99. The summed E-state index contributed by atoms with van der Waals surface area (Å²) >= 11 is 1.25. The van der Waals surface area contributed by atoms with Gasteiger partial charge in [0.1, 0.15) is 5.82 Å². The van der Waals surface area contributed by atoms with Gasteiger partial charge in [-0.2, -0.15) is 0 Å². The fraction of sp³-hybridized carbons (Fsp3) is 0.200. The molecule has 9 heteroatoms. The van der Waals surface area contributed by atoms with E-state index in [2.05, 4.69) is 15.3 Å². The van der Waals surface area contributed by atoms with Crippen LogP contribution in [0.1, 0.15) is 0 Å². The van der Waals surface area contributed by atoms with Gasteiger partial charge in [-0.05, 0) is 29.8 Å². The molecule has 1 heterocycles. The molecule has 0 aliphatic heterocycles. The van der Waals surface area contributed by atoms with Crippen molar-refractivity contribution in [2.45, 2.75) is 5.16 Å². The van der Waals surface area contributed by atoms with E-state index in [1.165, 1.54) is 45.2 Å². The summed E-state index contributed by atoms with van der Waals surface area (Å²) in [5, 5.41) is 3.39. The topological polar surface area (TPSA) is 85.5 Å². The second kappa shape index (κ2) is 9.33. The number of H-pyrrole nitrogens is 1. The first-order valence-electron chi connectivity index (χ1n) is 8.57. The third-order valence-electron chi connectivity index (χ3n) is 4.00. The molecule has 0 unspecified atom stereocenters. The minimum absolute atomic E-state index is 0.146. The summed E-state index contributed by atoms with van der Waals surface area (Å²) in [6.07, 6.45) is 1.65. The molecule has 3 aromatic rings. The van der Waals surface area contributed by atoms with Gasteiger partial charge in [-0.15, -0.1) is 0 Å². The molecular weight excluding hydrogens is 397 g/mol. The van der Waals surface area contributed by atoms with Crippen LogP contribution in [0.4, 0.5) is 10.1 Å². The number of aromatic amines is 1. The predicted octanol–water partition coefficient (Wildman–Crippen LogP) is 3.97. The number of nitrogens with one attached hydrogen (secondary N) is 2. The summed E-state index contributed by atoms with van der Waals surface area (Å²) in [7, 11) is 4.53. The van der Waals surface area contributed by atoms with Crippen molar-refractivity contribution in [3.63, 3.8) is 0 Å². The van der Waals surface area contributed by atoms with Crippen molar-refractivity contribution in [3.05, 3.63) is 48.4 Å². The first kappa shape index (κ1) is 20.5. The molecule has 1 aromatic heterocycles. The van der Waals surface area contributed by atoms with Crippen molar-refractivity contribution in [1.82, 2.24) is 9.97 Å². The first-order valence-corrected chi connectivity index (χ1v) is 9.56. The highest BCUT2D eigenvalue weighted by Crippen LogP contribution is 2.40. The maximum Gasteiger partial charge on any atom is 0.234 e. The van der Waals surface area contributed by atoms with Crippen LogP contribution in [0.3, 0.4) is 0 Å². The molecule has 0 radical (unpaired) electrons. The van der Waals surface area contributed by atoms with E-state index in [1.807, 2.05) is 0 Å². The van der Waals surface area contributed by atoms with E-state index in [1.54, 1.807) is 30.5 Å². The van der Waals surface area contributed by atoms with Gasteiger partial charge in [0, 0.05) is 17.8 Å². The van der Waals surface area contributed by atoms with E-state index in [0.29, 0.717) is 28.1 Å². The van der Waals surface area contributed by atoms with Crippen molar-refractivity contribution >= 4 is 23.4 Å². The number of ether oxygens (including phenoxy) is 3. The number of hydrogen-bond acceptors (Lipinski definition) is 6. The smallest absolute Gasteiger partial charge is 0.234 e. The Labute approximate surface area is 171 Å². The van der Waals surface area contributed by atoms with Gasteiger partial charge < -0.3 is 24.5 Å². The SMILES string of the molecule is COc1cc(NC(=O)CSc2ncc(-c3ccc(F)cc3)[nH]2)cc(OC)c1OC. The van der Waals surface area contributed by atoms with E-state index >= 15 is 0 Å². The standard InChI is InChI=1S/C20H20FN3O4S/c1-26-16-8-14(9-17(27-2)19(16)28-3)23-18(25)11-29-20-22-10-15(24-20)12-4-6-13(21)7-5-12/h4-10H,11H2,1-3H3,(H,22,24)(H,23,25). The Hall–Kier alpha value is -3.20. The number of thioether (sulfide) groups is 1. The number of rotatable bonds is 8. The van der Waals surface area contributed by atoms with Gasteiger partial charge in [0.05, 0.1) is 39.0 Å². The van der Waals surface area contributed by atoms with Gasteiger partial charge in [-0.1, -0.05) is 11.8 Å². The Kier molecular flexibility index (Phi) is 6.61. The Morgan fingerprint density at radius 2 is 1.76 bits per heavy atom. The molecule has 3 rings (SSSR count). The van der Waals surface area contributed by atoms with E-state index in [0.717, 1.165) is 11.3 Å². The van der Waals surface area contributed by atoms with Crippen LogP contribution in [0.15, 0.2) is 47.8 Å². The molecule has 0 fully saturated rings. The minimum Gasteiger partial charge on any atom is -0.493 e. The lowest BCUT2D eigenvalue weighted by molar-refractivity contribution is -0.113. The largest absolute Gasteiger partial charge is 0.493 e. The molecule has 0 bridgehead atoms. The lowest BCUT2D eigenvalue weighted by atomic mass is 10.2. The second-order valence-electron chi connectivity index (χ2n) is 5.86. The molecule has 1 amide bonds. The molecule has 0 aliphatic carbocycles. The number of halogens is 1. The lowest BCUT2D eigenvalue weighted by Gasteiger charge is -2.14. The molecule has 0 spiro atoms. The number of imidazole rings is 1. The van der Waals surface area contributed by atoms with Crippen LogP contribution in [0.5, 0.6) is 17.2 Å². The van der Waals surface area contributed by atoms with Crippen LogP contribution >= 0.6 is 11.8 Å². The van der Waals surface area contributed by atoms with Gasteiger partial charge in [-0.3, -0.25) is 4.79 Å². The van der Waals surface area contributed by atoms with Crippen LogP contribution in [0, 0.1) is 5.82 Å². The van der Waals surface area contributed by atoms with Gasteiger partial charge in [0.15, 0.2) is 16.7 Å². The van der Waals surface area contributed by atoms with Crippen molar-refractivity contribution < 1.29 is 23.4 Å². The quantitative estimate of drug-likeness (QED) is 0.540. The minimum atomic E-state index is -0.300. The molecule has 152 valence electrons. The summed E-state index contributed by atoms with van der Waals surface area (Å²) in [5.41, 5.74) is 2.08. The molecule has 2 aromatic carbocycles. The molecule has 0 saturated carbocycles. The maximum absolute atomic E-state index is 13.0. The summed E-state index contributed by atoms with van der Waals surface area (Å²) < 4.78 is 28.9. The maximum atomic E-state index is 13.0. The normalized spacial score (nSPS) is 10.5. The van der Waals surface area contributed by atoms with E-state index < -0.39 is 0 Å². The van der Waals surface area contributed by atoms with Gasteiger partial charge in [0.2, 0.25) is 11.7 Å². The molecule has 0 atom stereocenters. The highest BCUT2D eigenvalue weighted by atomic mass is 32.2. The lowest BCUT2D eigenvalue weighted by Crippen LogP contribution is -2.14. The summed E-state index contributed by atoms with van der Waals surface area (Å²) in [4.78, 5) is 19.7. The molecule has 29 heavy (non-hydrogen) atoms. The number of nitrogens with zero attached hydrogens (tertiary/aromatic N) is 1. The summed E-state index contributed by atoms with van der Waals surface area (Å²) in [5.74, 6) is 0.976. The first-order chi connectivity index (χ1) is 14.0. The van der Waals surface area contributed by atoms with Crippen LogP contribution in [0.25, 0.3) is 11.3 Å². The fourth-order valence-corrected chi connectivity index (χ4v) is 3.29. The Balaban J connectivity index is 1.62. The third kappa shape index (κ3) is 5.00. The Morgan fingerprint density at radius 3 is 2.34 bits per heavy atom. The van der Waals surface area contributed by atoms with Crippen molar-refractivity contribution in [3.8, 4) is 28.5 Å². The Bertz CT molecular complexity index is 967. The summed E-state index contributed by atoms with van der Waals surface area (Å²) in [6, 6.07) is 9.40. The van der Waals surface area contributed by atoms with E-state index in [-0.39, 0.29) is 17.5 Å². The number of carbonyl (C=O) groups excluding carboxylic acids is 1. The van der Waals surface area contributed by atoms with Crippen LogP contribution in [-0.4, -0.2) is 43.0 Å². The molecular formula is C20H20FN3O4S. The van der Waals surface area contributed by atoms with Gasteiger partial charge >= 0.3 is 0 Å². The van der Waals surface area contributed by atoms with Crippen molar-refractivity contribution in [1.29, 1.82) is 0 Å². The molecule has 2 N–H and O–H groups in total. The zero-order chi connectivity index (χ0) is 20.8. The van der Waals surface area contributed by atoms with E-state index in [4.69, 9.17) is 14.2 Å². The fourth-order valence-electron chi connectivity index (χ4n) is 2.64. The number of hydrogen-bond donors (Lipinski definition) is 2.